The van der Waals surface area contributed by atoms with Gasteiger partial charge >= 0.3 is 0 Å². The van der Waals surface area contributed by atoms with Crippen molar-refractivity contribution in [2.75, 3.05) is 11.4 Å². The third-order valence-electron chi connectivity index (χ3n) is 4.02. The van der Waals surface area contributed by atoms with Crippen molar-refractivity contribution in [3.05, 3.63) is 28.2 Å². The van der Waals surface area contributed by atoms with Gasteiger partial charge in [0.15, 0.2) is 0 Å². The maximum Gasteiger partial charge on any atom is 0.249 e. The molecule has 1 N–H and O–H groups in total. The predicted molar refractivity (Wildman–Crippen MR) is 87.2 cm³/mol. The molecule has 2 unspecified atom stereocenters. The number of amides is 2. The standard InChI is InChI=1S/C16H21BrN2O2/c1-4-11(3)15-16(21)19(8-7-14(20)18-15)13-9-10(2)5-6-12(13)17/h5-6,9,11,15H,4,7-8H2,1-3H3,(H,18,20). The number of aryl methyl sites for hydroxylation is 1. The Morgan fingerprint density at radius 2 is 2.14 bits per heavy atom. The maximum atomic E-state index is 12.8. The van der Waals surface area contributed by atoms with Crippen LogP contribution in [0, 0.1) is 12.8 Å². The Balaban J connectivity index is 2.39. The zero-order valence-electron chi connectivity index (χ0n) is 12.6. The molecule has 2 atom stereocenters. The van der Waals surface area contributed by atoms with Gasteiger partial charge in [0.05, 0.1) is 5.69 Å². The number of halogens is 1. The highest BCUT2D eigenvalue weighted by Gasteiger charge is 2.34. The normalized spacial score (nSPS) is 21.0. The van der Waals surface area contributed by atoms with Crippen molar-refractivity contribution in [3.63, 3.8) is 0 Å². The highest BCUT2D eigenvalue weighted by molar-refractivity contribution is 9.10. The Labute approximate surface area is 134 Å². The van der Waals surface area contributed by atoms with Crippen molar-refractivity contribution >= 4 is 33.4 Å². The van der Waals surface area contributed by atoms with Gasteiger partial charge in [-0.05, 0) is 46.5 Å². The second-order valence-corrected chi connectivity index (χ2v) is 6.48. The van der Waals surface area contributed by atoms with Gasteiger partial charge in [-0.15, -0.1) is 0 Å². The van der Waals surface area contributed by atoms with Gasteiger partial charge < -0.3 is 10.2 Å². The van der Waals surface area contributed by atoms with Crippen LogP contribution in [-0.2, 0) is 9.59 Å². The molecule has 1 fully saturated rings. The molecule has 5 heteroatoms. The highest BCUT2D eigenvalue weighted by Crippen LogP contribution is 2.29. The van der Waals surface area contributed by atoms with Crippen LogP contribution >= 0.6 is 15.9 Å². The fourth-order valence-electron chi connectivity index (χ4n) is 2.49. The second-order valence-electron chi connectivity index (χ2n) is 5.63. The Bertz CT molecular complexity index is 559. The molecular formula is C16H21BrN2O2. The first-order chi connectivity index (χ1) is 9.93. The summed E-state index contributed by atoms with van der Waals surface area (Å²) in [5, 5.41) is 2.87. The molecule has 114 valence electrons. The van der Waals surface area contributed by atoms with Crippen molar-refractivity contribution in [1.82, 2.24) is 5.32 Å². The number of hydrogen-bond donors (Lipinski definition) is 1. The van der Waals surface area contributed by atoms with Crippen molar-refractivity contribution < 1.29 is 9.59 Å². The monoisotopic (exact) mass is 352 g/mol. The molecule has 0 radical (unpaired) electrons. The second kappa shape index (κ2) is 6.60. The molecule has 4 nitrogen and oxygen atoms in total. The van der Waals surface area contributed by atoms with Gasteiger partial charge in [0.2, 0.25) is 11.8 Å². The van der Waals surface area contributed by atoms with Gasteiger partial charge in [-0.3, -0.25) is 9.59 Å². The molecule has 1 aliphatic rings. The lowest BCUT2D eigenvalue weighted by Crippen LogP contribution is -2.48. The quantitative estimate of drug-likeness (QED) is 0.908. The van der Waals surface area contributed by atoms with Gasteiger partial charge in [-0.25, -0.2) is 0 Å². The van der Waals surface area contributed by atoms with E-state index in [2.05, 4.69) is 21.2 Å². The minimum atomic E-state index is -0.447. The van der Waals surface area contributed by atoms with Crippen LogP contribution in [0.4, 0.5) is 5.69 Å². The molecule has 0 bridgehead atoms. The minimum Gasteiger partial charge on any atom is -0.344 e. The Morgan fingerprint density at radius 3 is 2.81 bits per heavy atom. The summed E-state index contributed by atoms with van der Waals surface area (Å²) in [4.78, 5) is 26.5. The van der Waals surface area contributed by atoms with Crippen molar-refractivity contribution in [2.24, 2.45) is 5.92 Å². The van der Waals surface area contributed by atoms with Gasteiger partial charge in [0.1, 0.15) is 6.04 Å². The van der Waals surface area contributed by atoms with Crippen LogP contribution in [0.25, 0.3) is 0 Å². The number of anilines is 1. The zero-order valence-corrected chi connectivity index (χ0v) is 14.2. The molecule has 1 saturated heterocycles. The number of rotatable bonds is 3. The summed E-state index contributed by atoms with van der Waals surface area (Å²) in [5.74, 6) is 0.0343. The molecule has 0 saturated carbocycles. The van der Waals surface area contributed by atoms with Crippen LogP contribution in [0.1, 0.15) is 32.3 Å². The number of nitrogens with one attached hydrogen (secondary N) is 1. The number of carbonyl (C=O) groups excluding carboxylic acids is 2. The summed E-state index contributed by atoms with van der Waals surface area (Å²) in [6, 6.07) is 5.46. The molecule has 0 aliphatic carbocycles. The maximum absolute atomic E-state index is 12.8. The van der Waals surface area contributed by atoms with E-state index in [4.69, 9.17) is 0 Å². The average molecular weight is 353 g/mol. The van der Waals surface area contributed by atoms with E-state index in [-0.39, 0.29) is 17.7 Å². The van der Waals surface area contributed by atoms with E-state index in [0.29, 0.717) is 13.0 Å². The Morgan fingerprint density at radius 1 is 1.43 bits per heavy atom. The van der Waals surface area contributed by atoms with Crippen molar-refractivity contribution in [3.8, 4) is 0 Å². The number of carbonyl (C=O) groups is 2. The SMILES string of the molecule is CCC(C)C1NC(=O)CCN(c2cc(C)ccc2Br)C1=O. The van der Waals surface area contributed by atoms with Gasteiger partial charge in [0.25, 0.3) is 0 Å². The smallest absolute Gasteiger partial charge is 0.249 e. The lowest BCUT2D eigenvalue weighted by molar-refractivity contribution is -0.126. The number of nitrogens with zero attached hydrogens (tertiary/aromatic N) is 1. The van der Waals surface area contributed by atoms with E-state index < -0.39 is 6.04 Å². The summed E-state index contributed by atoms with van der Waals surface area (Å²) < 4.78 is 0.874. The highest BCUT2D eigenvalue weighted by atomic mass is 79.9. The van der Waals surface area contributed by atoms with Crippen LogP contribution in [0.2, 0.25) is 0 Å². The van der Waals surface area contributed by atoms with E-state index in [0.717, 1.165) is 22.1 Å². The molecular weight excluding hydrogens is 332 g/mol. The Hall–Kier alpha value is -1.36. The Kier molecular flexibility index (Phi) is 5.04. The topological polar surface area (TPSA) is 49.4 Å². The molecule has 0 spiro atoms. The molecule has 21 heavy (non-hydrogen) atoms. The van der Waals surface area contributed by atoms with Crippen molar-refractivity contribution in [1.29, 1.82) is 0 Å². The largest absolute Gasteiger partial charge is 0.344 e. The van der Waals surface area contributed by atoms with Crippen molar-refractivity contribution in [2.45, 2.75) is 39.7 Å². The van der Waals surface area contributed by atoms with Crippen LogP contribution in [0.5, 0.6) is 0 Å². The summed E-state index contributed by atoms with van der Waals surface area (Å²) >= 11 is 3.51. The van der Waals surface area contributed by atoms with E-state index >= 15 is 0 Å². The first-order valence-corrected chi connectivity index (χ1v) is 8.10. The summed E-state index contributed by atoms with van der Waals surface area (Å²) in [6.45, 7) is 6.44. The van der Waals surface area contributed by atoms with Gasteiger partial charge in [-0.2, -0.15) is 0 Å². The minimum absolute atomic E-state index is 0.0264. The number of benzene rings is 1. The van der Waals surface area contributed by atoms with Crippen LogP contribution in [0.3, 0.4) is 0 Å². The van der Waals surface area contributed by atoms with Crippen LogP contribution in [-0.4, -0.2) is 24.4 Å². The lowest BCUT2D eigenvalue weighted by atomic mass is 9.98. The lowest BCUT2D eigenvalue weighted by Gasteiger charge is -2.28. The molecule has 0 aromatic heterocycles. The summed E-state index contributed by atoms with van der Waals surface area (Å²) in [5.41, 5.74) is 1.93. The van der Waals surface area contributed by atoms with Gasteiger partial charge in [0, 0.05) is 17.4 Å². The van der Waals surface area contributed by atoms with Crippen LogP contribution in [0.15, 0.2) is 22.7 Å². The first-order valence-electron chi connectivity index (χ1n) is 7.31. The fourth-order valence-corrected chi connectivity index (χ4v) is 2.95. The average Bonchev–Trinajstić information content (AvgIpc) is 2.60. The molecule has 2 rings (SSSR count). The van der Waals surface area contributed by atoms with E-state index in [1.54, 1.807) is 4.90 Å². The van der Waals surface area contributed by atoms with E-state index in [1.807, 2.05) is 39.0 Å². The van der Waals surface area contributed by atoms with Crippen LogP contribution < -0.4 is 10.2 Å². The summed E-state index contributed by atoms with van der Waals surface area (Å²) in [6.07, 6.45) is 1.18. The zero-order chi connectivity index (χ0) is 15.6. The molecule has 1 aromatic rings. The third-order valence-corrected chi connectivity index (χ3v) is 4.69. The fraction of sp³-hybridized carbons (Fsp3) is 0.500. The summed E-state index contributed by atoms with van der Waals surface area (Å²) in [7, 11) is 0. The molecule has 1 heterocycles. The first kappa shape index (κ1) is 16.0. The van der Waals surface area contributed by atoms with Gasteiger partial charge in [-0.1, -0.05) is 26.3 Å². The molecule has 1 aliphatic heterocycles. The predicted octanol–water partition coefficient (Wildman–Crippen LogP) is 3.03. The van der Waals surface area contributed by atoms with E-state index in [9.17, 15) is 9.59 Å². The molecule has 1 aromatic carbocycles. The van der Waals surface area contributed by atoms with E-state index in [1.165, 1.54) is 0 Å². The molecule has 2 amide bonds. The number of hydrogen-bond acceptors (Lipinski definition) is 2. The third kappa shape index (κ3) is 3.46.